The molecule has 172 valence electrons. The highest BCUT2D eigenvalue weighted by Gasteiger charge is 2.14. The fraction of sp³-hybridized carbons (Fsp3) is 0.143. The molecule has 0 aliphatic carbocycles. The molecule has 0 radical (unpaired) electrons. The Kier molecular flexibility index (Phi) is 5.90. The molecule has 0 atom stereocenters. The number of fused-ring (bicyclic) bond motifs is 1. The first-order valence-electron chi connectivity index (χ1n) is 11.7. The first kappa shape index (κ1) is 21.4. The molecule has 0 amide bonds. The topological polar surface area (TPSA) is 69.6 Å². The van der Waals surface area contributed by atoms with Crippen molar-refractivity contribution in [1.29, 1.82) is 0 Å². The Bertz CT molecular complexity index is 1540. The number of thiazole rings is 1. The molecule has 0 fully saturated rings. The second-order valence-corrected chi connectivity index (χ2v) is 9.10. The Morgan fingerprint density at radius 3 is 2.29 bits per heavy atom. The zero-order chi connectivity index (χ0) is 23.5. The maximum absolute atomic E-state index is 5.88. The van der Waals surface area contributed by atoms with E-state index >= 15 is 0 Å². The van der Waals surface area contributed by atoms with Crippen molar-refractivity contribution in [2.24, 2.45) is 0 Å². The molecule has 0 spiro atoms. The third kappa shape index (κ3) is 4.50. The zero-order valence-corrected chi connectivity index (χ0v) is 19.9. The van der Waals surface area contributed by atoms with Crippen molar-refractivity contribution < 1.29 is 4.42 Å². The molecule has 0 aliphatic heterocycles. The summed E-state index contributed by atoms with van der Waals surface area (Å²) in [5.74, 6) is 2.02. The molecule has 35 heavy (non-hydrogen) atoms. The van der Waals surface area contributed by atoms with Crippen LogP contribution >= 0.6 is 11.3 Å². The van der Waals surface area contributed by atoms with Gasteiger partial charge in [0, 0.05) is 23.1 Å². The van der Waals surface area contributed by atoms with Gasteiger partial charge in [-0.15, -0.1) is 21.5 Å². The van der Waals surface area contributed by atoms with E-state index in [1.54, 1.807) is 11.3 Å². The summed E-state index contributed by atoms with van der Waals surface area (Å²) < 4.78 is 8.18. The van der Waals surface area contributed by atoms with E-state index in [-0.39, 0.29) is 0 Å². The van der Waals surface area contributed by atoms with E-state index in [0.717, 1.165) is 59.5 Å². The lowest BCUT2D eigenvalue weighted by Crippen LogP contribution is -2.01. The van der Waals surface area contributed by atoms with Gasteiger partial charge in [0.2, 0.25) is 11.8 Å². The number of benzene rings is 3. The van der Waals surface area contributed by atoms with E-state index in [4.69, 9.17) is 9.40 Å². The quantitative estimate of drug-likeness (QED) is 0.223. The molecule has 0 bridgehead atoms. The zero-order valence-electron chi connectivity index (χ0n) is 19.0. The van der Waals surface area contributed by atoms with Crippen LogP contribution in [0.2, 0.25) is 0 Å². The molecule has 6 rings (SSSR count). The summed E-state index contributed by atoms with van der Waals surface area (Å²) in [6.45, 7) is 0.912. The van der Waals surface area contributed by atoms with Crippen LogP contribution in [0.15, 0.2) is 94.2 Å². The number of nitrogens with zero attached hydrogens (tertiary/aromatic N) is 5. The van der Waals surface area contributed by atoms with Gasteiger partial charge in [0.25, 0.3) is 0 Å². The highest BCUT2D eigenvalue weighted by atomic mass is 32.1. The third-order valence-corrected chi connectivity index (χ3v) is 6.65. The van der Waals surface area contributed by atoms with Crippen LogP contribution in [0.3, 0.4) is 0 Å². The van der Waals surface area contributed by atoms with Crippen molar-refractivity contribution in [3.63, 3.8) is 0 Å². The molecule has 0 N–H and O–H groups in total. The molecular formula is C28H23N5OS. The number of para-hydroxylation sites is 2. The molecule has 0 unspecified atom stereocenters. The van der Waals surface area contributed by atoms with Crippen LogP contribution in [-0.4, -0.2) is 24.7 Å². The second-order valence-electron chi connectivity index (χ2n) is 8.38. The van der Waals surface area contributed by atoms with Gasteiger partial charge in [0.1, 0.15) is 5.69 Å². The third-order valence-electron chi connectivity index (χ3n) is 6.06. The molecule has 3 aromatic heterocycles. The van der Waals surface area contributed by atoms with E-state index in [0.29, 0.717) is 11.8 Å². The van der Waals surface area contributed by atoms with Crippen molar-refractivity contribution in [3.05, 3.63) is 95.3 Å². The van der Waals surface area contributed by atoms with Crippen molar-refractivity contribution in [2.45, 2.75) is 25.8 Å². The Labute approximate surface area is 207 Å². The van der Waals surface area contributed by atoms with Crippen molar-refractivity contribution in [1.82, 2.24) is 24.7 Å². The van der Waals surface area contributed by atoms with Crippen molar-refractivity contribution in [3.8, 4) is 34.4 Å². The SMILES string of the molecule is c1ccc(-c2nnc(-c3ccc(CCCCn4c(-c5cscn5)nc5ccccc54)cc3)o2)cc1. The van der Waals surface area contributed by atoms with E-state index in [9.17, 15) is 0 Å². The van der Waals surface area contributed by atoms with Crippen molar-refractivity contribution in [2.75, 3.05) is 0 Å². The summed E-state index contributed by atoms with van der Waals surface area (Å²) in [6.07, 6.45) is 3.16. The normalized spacial score (nSPS) is 11.3. The van der Waals surface area contributed by atoms with Crippen LogP contribution in [0.25, 0.3) is 45.5 Å². The molecule has 0 aliphatic rings. The second kappa shape index (κ2) is 9.64. The summed E-state index contributed by atoms with van der Waals surface area (Å²) in [5.41, 5.74) is 8.13. The van der Waals surface area contributed by atoms with Gasteiger partial charge in [-0.1, -0.05) is 42.5 Å². The molecule has 6 nitrogen and oxygen atoms in total. The first-order valence-corrected chi connectivity index (χ1v) is 12.6. The molecule has 0 saturated carbocycles. The fourth-order valence-corrected chi connectivity index (χ4v) is 4.80. The van der Waals surface area contributed by atoms with E-state index in [2.05, 4.69) is 67.6 Å². The minimum absolute atomic E-state index is 0.536. The Morgan fingerprint density at radius 1 is 0.771 bits per heavy atom. The minimum atomic E-state index is 0.536. The lowest BCUT2D eigenvalue weighted by molar-refractivity contribution is 0.584. The summed E-state index contributed by atoms with van der Waals surface area (Å²) in [5, 5.41) is 10.5. The van der Waals surface area contributed by atoms with Crippen LogP contribution in [0, 0.1) is 0 Å². The van der Waals surface area contributed by atoms with Gasteiger partial charge in [-0.05, 0) is 61.2 Å². The van der Waals surface area contributed by atoms with Crippen LogP contribution in [0.4, 0.5) is 0 Å². The van der Waals surface area contributed by atoms with Gasteiger partial charge in [-0.3, -0.25) is 0 Å². The van der Waals surface area contributed by atoms with Crippen LogP contribution in [-0.2, 0) is 13.0 Å². The highest BCUT2D eigenvalue weighted by molar-refractivity contribution is 7.07. The molecule has 3 aromatic carbocycles. The van der Waals surface area contributed by atoms with Gasteiger partial charge >= 0.3 is 0 Å². The summed E-state index contributed by atoms with van der Waals surface area (Å²) >= 11 is 1.60. The van der Waals surface area contributed by atoms with Crippen LogP contribution in [0.1, 0.15) is 18.4 Å². The maximum atomic E-state index is 5.88. The van der Waals surface area contributed by atoms with E-state index in [1.807, 2.05) is 41.9 Å². The Balaban J connectivity index is 1.10. The van der Waals surface area contributed by atoms with Gasteiger partial charge in [-0.2, -0.15) is 0 Å². The molecule has 7 heteroatoms. The van der Waals surface area contributed by atoms with E-state index in [1.165, 1.54) is 5.56 Å². The summed E-state index contributed by atoms with van der Waals surface area (Å²) in [7, 11) is 0. The number of hydrogen-bond donors (Lipinski definition) is 0. The lowest BCUT2D eigenvalue weighted by Gasteiger charge is -2.08. The number of aryl methyl sites for hydroxylation is 2. The van der Waals surface area contributed by atoms with E-state index < -0.39 is 0 Å². The predicted molar refractivity (Wildman–Crippen MR) is 139 cm³/mol. The van der Waals surface area contributed by atoms with Crippen LogP contribution < -0.4 is 0 Å². The largest absolute Gasteiger partial charge is 0.416 e. The first-order chi connectivity index (χ1) is 17.3. The average molecular weight is 478 g/mol. The predicted octanol–water partition coefficient (Wildman–Crippen LogP) is 6.90. The Morgan fingerprint density at radius 2 is 1.51 bits per heavy atom. The number of unbranched alkanes of at least 4 members (excludes halogenated alkanes) is 1. The summed E-state index contributed by atoms with van der Waals surface area (Å²) in [6, 6.07) is 26.5. The maximum Gasteiger partial charge on any atom is 0.248 e. The number of imidazole rings is 1. The molecular weight excluding hydrogens is 454 g/mol. The summed E-state index contributed by atoms with van der Waals surface area (Å²) in [4.78, 5) is 9.33. The van der Waals surface area contributed by atoms with Gasteiger partial charge in [0.05, 0.1) is 16.5 Å². The lowest BCUT2D eigenvalue weighted by atomic mass is 10.1. The molecule has 3 heterocycles. The van der Waals surface area contributed by atoms with Crippen molar-refractivity contribution >= 4 is 22.4 Å². The van der Waals surface area contributed by atoms with Gasteiger partial charge in [0.15, 0.2) is 5.82 Å². The standard InChI is InChI=1S/C28H23N5OS/c1-2-9-21(10-3-1)27-31-32-28(34-27)22-15-13-20(14-16-22)8-6-7-17-33-25-12-5-4-11-23(25)30-26(33)24-18-35-19-29-24/h1-5,9-16,18-19H,6-8,17H2. The molecule has 6 aromatic rings. The minimum Gasteiger partial charge on any atom is -0.416 e. The number of aromatic nitrogens is 5. The monoisotopic (exact) mass is 477 g/mol. The van der Waals surface area contributed by atoms with Gasteiger partial charge in [-0.25, -0.2) is 9.97 Å². The smallest absolute Gasteiger partial charge is 0.248 e. The molecule has 0 saturated heterocycles. The van der Waals surface area contributed by atoms with Gasteiger partial charge < -0.3 is 8.98 Å². The highest BCUT2D eigenvalue weighted by Crippen LogP contribution is 2.26. The fourth-order valence-electron chi connectivity index (χ4n) is 4.27. The number of rotatable bonds is 8. The van der Waals surface area contributed by atoms with Crippen LogP contribution in [0.5, 0.6) is 0 Å². The Hall–Kier alpha value is -4.10. The number of hydrogen-bond acceptors (Lipinski definition) is 6. The average Bonchev–Trinajstić information content (AvgIpc) is 3.68.